The first-order chi connectivity index (χ1) is 7.36. The van der Waals surface area contributed by atoms with Crippen molar-refractivity contribution in [3.63, 3.8) is 0 Å². The van der Waals surface area contributed by atoms with Crippen LogP contribution in [0.5, 0.6) is 0 Å². The average molecular weight is 209 g/mol. The second kappa shape index (κ2) is 7.40. The lowest BCUT2D eigenvalue weighted by Gasteiger charge is -2.05. The van der Waals surface area contributed by atoms with E-state index in [1.165, 1.54) is 5.56 Å². The van der Waals surface area contributed by atoms with Crippen LogP contribution in [0.2, 0.25) is 0 Å². The summed E-state index contributed by atoms with van der Waals surface area (Å²) >= 11 is 0. The zero-order chi connectivity index (χ0) is 10.9. The summed E-state index contributed by atoms with van der Waals surface area (Å²) < 4.78 is 10.6. The first kappa shape index (κ1) is 12.2. The topological polar surface area (TPSA) is 44.5 Å². The van der Waals surface area contributed by atoms with E-state index >= 15 is 0 Å². The van der Waals surface area contributed by atoms with Crippen LogP contribution in [0.4, 0.5) is 0 Å². The van der Waals surface area contributed by atoms with Crippen LogP contribution < -0.4 is 5.73 Å². The van der Waals surface area contributed by atoms with Gasteiger partial charge in [-0.25, -0.2) is 0 Å². The fourth-order valence-corrected chi connectivity index (χ4v) is 1.22. The van der Waals surface area contributed by atoms with Crippen molar-refractivity contribution in [2.45, 2.75) is 20.1 Å². The van der Waals surface area contributed by atoms with Crippen LogP contribution in [-0.4, -0.2) is 19.8 Å². The molecule has 1 rings (SSSR count). The van der Waals surface area contributed by atoms with E-state index in [1.54, 1.807) is 0 Å². The fraction of sp³-hybridized carbons (Fsp3) is 0.500. The summed E-state index contributed by atoms with van der Waals surface area (Å²) in [5.41, 5.74) is 7.82. The predicted octanol–water partition coefficient (Wildman–Crippen LogP) is 1.70. The van der Waals surface area contributed by atoms with E-state index in [0.29, 0.717) is 26.4 Å². The van der Waals surface area contributed by atoms with Gasteiger partial charge in [-0.1, -0.05) is 24.3 Å². The third-order valence-electron chi connectivity index (χ3n) is 2.10. The Labute approximate surface area is 91.2 Å². The molecule has 0 spiro atoms. The largest absolute Gasteiger partial charge is 0.379 e. The summed E-state index contributed by atoms with van der Waals surface area (Å²) in [4.78, 5) is 0. The van der Waals surface area contributed by atoms with E-state index in [1.807, 2.05) is 31.2 Å². The van der Waals surface area contributed by atoms with Crippen molar-refractivity contribution in [3.8, 4) is 0 Å². The van der Waals surface area contributed by atoms with E-state index in [2.05, 4.69) is 0 Å². The Kier molecular flexibility index (Phi) is 6.00. The molecule has 0 amide bonds. The molecule has 0 atom stereocenters. The smallest absolute Gasteiger partial charge is 0.0718 e. The van der Waals surface area contributed by atoms with E-state index < -0.39 is 0 Å². The van der Waals surface area contributed by atoms with E-state index in [9.17, 15) is 0 Å². The maximum Gasteiger partial charge on any atom is 0.0718 e. The van der Waals surface area contributed by atoms with Gasteiger partial charge in [0.15, 0.2) is 0 Å². The highest BCUT2D eigenvalue weighted by molar-refractivity contribution is 5.21. The molecule has 0 aliphatic heterocycles. The lowest BCUT2D eigenvalue weighted by Crippen LogP contribution is -2.04. The number of benzene rings is 1. The van der Waals surface area contributed by atoms with Crippen molar-refractivity contribution in [1.29, 1.82) is 0 Å². The van der Waals surface area contributed by atoms with Gasteiger partial charge < -0.3 is 15.2 Å². The lowest BCUT2D eigenvalue weighted by atomic mass is 10.1. The first-order valence-corrected chi connectivity index (χ1v) is 5.30. The summed E-state index contributed by atoms with van der Waals surface area (Å²) in [5, 5.41) is 0. The highest BCUT2D eigenvalue weighted by Gasteiger charge is 1.94. The molecule has 0 unspecified atom stereocenters. The fourth-order valence-electron chi connectivity index (χ4n) is 1.22. The summed E-state index contributed by atoms with van der Waals surface area (Å²) in [6, 6.07) is 8.15. The van der Waals surface area contributed by atoms with Crippen LogP contribution >= 0.6 is 0 Å². The normalized spacial score (nSPS) is 10.5. The van der Waals surface area contributed by atoms with Gasteiger partial charge >= 0.3 is 0 Å². The molecule has 0 heterocycles. The lowest BCUT2D eigenvalue weighted by molar-refractivity contribution is 0.0453. The molecule has 1 aromatic rings. The van der Waals surface area contributed by atoms with Gasteiger partial charge in [-0.2, -0.15) is 0 Å². The minimum absolute atomic E-state index is 0.589. The molecule has 84 valence electrons. The SMILES string of the molecule is CCOCCOCc1ccc(CN)cc1. The highest BCUT2D eigenvalue weighted by atomic mass is 16.5. The van der Waals surface area contributed by atoms with Crippen LogP contribution in [0.15, 0.2) is 24.3 Å². The molecule has 0 bridgehead atoms. The second-order valence-electron chi connectivity index (χ2n) is 3.27. The molecule has 2 N–H and O–H groups in total. The number of nitrogens with two attached hydrogens (primary N) is 1. The van der Waals surface area contributed by atoms with Crippen LogP contribution in [0.1, 0.15) is 18.1 Å². The van der Waals surface area contributed by atoms with Gasteiger partial charge in [0.2, 0.25) is 0 Å². The number of hydrogen-bond donors (Lipinski definition) is 1. The molecular formula is C12H19NO2. The van der Waals surface area contributed by atoms with Crippen molar-refractivity contribution in [1.82, 2.24) is 0 Å². The zero-order valence-corrected chi connectivity index (χ0v) is 9.24. The summed E-state index contributed by atoms with van der Waals surface area (Å²) in [7, 11) is 0. The minimum atomic E-state index is 0.589. The van der Waals surface area contributed by atoms with Crippen LogP contribution in [-0.2, 0) is 22.6 Å². The molecule has 0 saturated heterocycles. The van der Waals surface area contributed by atoms with Crippen molar-refractivity contribution < 1.29 is 9.47 Å². The number of hydrogen-bond acceptors (Lipinski definition) is 3. The van der Waals surface area contributed by atoms with Gasteiger partial charge in [0.25, 0.3) is 0 Å². The van der Waals surface area contributed by atoms with Crippen LogP contribution in [0, 0.1) is 0 Å². The third kappa shape index (κ3) is 4.93. The first-order valence-electron chi connectivity index (χ1n) is 5.30. The second-order valence-corrected chi connectivity index (χ2v) is 3.27. The predicted molar refractivity (Wildman–Crippen MR) is 60.5 cm³/mol. The minimum Gasteiger partial charge on any atom is -0.379 e. The van der Waals surface area contributed by atoms with E-state index in [4.69, 9.17) is 15.2 Å². The Bertz CT molecular complexity index is 259. The standard InChI is InChI=1S/C12H19NO2/c1-2-14-7-8-15-10-12-5-3-11(9-13)4-6-12/h3-6H,2,7-10,13H2,1H3. The van der Waals surface area contributed by atoms with Crippen molar-refractivity contribution in [3.05, 3.63) is 35.4 Å². The molecule has 1 aromatic carbocycles. The van der Waals surface area contributed by atoms with Crippen LogP contribution in [0.3, 0.4) is 0 Å². The Balaban J connectivity index is 2.20. The highest BCUT2D eigenvalue weighted by Crippen LogP contribution is 2.04. The van der Waals surface area contributed by atoms with Crippen LogP contribution in [0.25, 0.3) is 0 Å². The molecule has 0 saturated carbocycles. The summed E-state index contributed by atoms with van der Waals surface area (Å²) in [6.07, 6.45) is 0. The molecule has 0 aliphatic rings. The quantitative estimate of drug-likeness (QED) is 0.695. The Morgan fingerprint density at radius 1 is 1.00 bits per heavy atom. The zero-order valence-electron chi connectivity index (χ0n) is 9.24. The molecule has 0 aromatic heterocycles. The molecule has 3 heteroatoms. The van der Waals surface area contributed by atoms with Crippen molar-refractivity contribution in [2.75, 3.05) is 19.8 Å². The maximum absolute atomic E-state index is 5.51. The van der Waals surface area contributed by atoms with Gasteiger partial charge in [-0.3, -0.25) is 0 Å². The Hall–Kier alpha value is -0.900. The molecular weight excluding hydrogens is 190 g/mol. The van der Waals surface area contributed by atoms with Gasteiger partial charge in [0.1, 0.15) is 0 Å². The molecule has 0 radical (unpaired) electrons. The summed E-state index contributed by atoms with van der Waals surface area (Å²) in [6.45, 7) is 5.26. The third-order valence-corrected chi connectivity index (χ3v) is 2.10. The molecule has 3 nitrogen and oxygen atoms in total. The number of ether oxygens (including phenoxy) is 2. The Morgan fingerprint density at radius 3 is 2.20 bits per heavy atom. The van der Waals surface area contributed by atoms with E-state index in [-0.39, 0.29) is 0 Å². The molecule has 0 aliphatic carbocycles. The van der Waals surface area contributed by atoms with E-state index in [0.717, 1.165) is 12.2 Å². The van der Waals surface area contributed by atoms with Gasteiger partial charge in [-0.15, -0.1) is 0 Å². The number of rotatable bonds is 7. The van der Waals surface area contributed by atoms with Crippen molar-refractivity contribution in [2.24, 2.45) is 5.73 Å². The maximum atomic E-state index is 5.51. The van der Waals surface area contributed by atoms with Gasteiger partial charge in [0.05, 0.1) is 19.8 Å². The molecule has 15 heavy (non-hydrogen) atoms. The monoisotopic (exact) mass is 209 g/mol. The molecule has 0 fully saturated rings. The Morgan fingerprint density at radius 2 is 1.60 bits per heavy atom. The van der Waals surface area contributed by atoms with Gasteiger partial charge in [-0.05, 0) is 18.1 Å². The summed E-state index contributed by atoms with van der Waals surface area (Å²) in [5.74, 6) is 0. The average Bonchev–Trinajstić information content (AvgIpc) is 2.30. The van der Waals surface area contributed by atoms with Gasteiger partial charge in [0, 0.05) is 13.2 Å². The van der Waals surface area contributed by atoms with Crippen molar-refractivity contribution >= 4 is 0 Å².